The van der Waals surface area contributed by atoms with Crippen LogP contribution in [-0.4, -0.2) is 37.6 Å². The highest BCUT2D eigenvalue weighted by Crippen LogP contribution is 2.15. The van der Waals surface area contributed by atoms with Crippen LogP contribution in [0.3, 0.4) is 0 Å². The summed E-state index contributed by atoms with van der Waals surface area (Å²) in [6, 6.07) is 14.7. The van der Waals surface area contributed by atoms with Gasteiger partial charge in [-0.15, -0.1) is 0 Å². The summed E-state index contributed by atoms with van der Waals surface area (Å²) < 4.78 is 28.5. The van der Waals surface area contributed by atoms with Gasteiger partial charge in [0, 0.05) is 13.1 Å². The number of carbonyl (C=O) groups is 1. The van der Waals surface area contributed by atoms with E-state index in [1.54, 1.807) is 12.1 Å². The van der Waals surface area contributed by atoms with Crippen molar-refractivity contribution in [2.45, 2.75) is 26.5 Å². The van der Waals surface area contributed by atoms with E-state index >= 15 is 0 Å². The SMILES string of the molecule is Cc1ccc(CN(C)CC(=O)NCCc2ccc(OC(F)F)cc2)cc1. The molecule has 0 aliphatic rings. The number of rotatable bonds is 9. The lowest BCUT2D eigenvalue weighted by Crippen LogP contribution is -2.35. The molecule has 0 radical (unpaired) electrons. The van der Waals surface area contributed by atoms with Gasteiger partial charge >= 0.3 is 6.61 Å². The van der Waals surface area contributed by atoms with Gasteiger partial charge in [-0.2, -0.15) is 8.78 Å². The number of hydrogen-bond acceptors (Lipinski definition) is 3. The third-order valence-corrected chi connectivity index (χ3v) is 3.87. The average molecular weight is 362 g/mol. The first kappa shape index (κ1) is 19.8. The minimum atomic E-state index is -2.82. The van der Waals surface area contributed by atoms with E-state index in [4.69, 9.17) is 0 Å². The maximum Gasteiger partial charge on any atom is 0.387 e. The van der Waals surface area contributed by atoms with E-state index in [1.807, 2.05) is 18.9 Å². The molecule has 0 saturated carbocycles. The minimum absolute atomic E-state index is 0.0442. The Bertz CT molecular complexity index is 688. The Hall–Kier alpha value is -2.47. The second kappa shape index (κ2) is 9.87. The number of likely N-dealkylation sites (N-methyl/N-ethyl adjacent to an activating group) is 1. The molecule has 0 heterocycles. The molecule has 0 aliphatic carbocycles. The fourth-order valence-electron chi connectivity index (χ4n) is 2.55. The molecular weight excluding hydrogens is 338 g/mol. The van der Waals surface area contributed by atoms with Gasteiger partial charge in [-0.1, -0.05) is 42.0 Å². The summed E-state index contributed by atoms with van der Waals surface area (Å²) in [7, 11) is 1.90. The van der Waals surface area contributed by atoms with Gasteiger partial charge in [0.2, 0.25) is 5.91 Å². The fraction of sp³-hybridized carbons (Fsp3) is 0.350. The topological polar surface area (TPSA) is 41.6 Å². The van der Waals surface area contributed by atoms with Crippen LogP contribution < -0.4 is 10.1 Å². The maximum absolute atomic E-state index is 12.1. The van der Waals surface area contributed by atoms with Gasteiger partial charge in [0.1, 0.15) is 5.75 Å². The maximum atomic E-state index is 12.1. The largest absolute Gasteiger partial charge is 0.435 e. The van der Waals surface area contributed by atoms with Gasteiger partial charge in [-0.3, -0.25) is 9.69 Å². The number of carbonyl (C=O) groups excluding carboxylic acids is 1. The number of amides is 1. The Labute approximate surface area is 152 Å². The molecule has 2 aromatic rings. The first-order valence-electron chi connectivity index (χ1n) is 8.47. The summed E-state index contributed by atoms with van der Waals surface area (Å²) in [5, 5.41) is 2.87. The van der Waals surface area contributed by atoms with E-state index in [1.165, 1.54) is 17.7 Å². The molecule has 0 unspecified atom stereocenters. The predicted molar refractivity (Wildman–Crippen MR) is 97.3 cm³/mol. The molecule has 0 bridgehead atoms. The molecular formula is C20H24F2N2O2. The van der Waals surface area contributed by atoms with Crippen LogP contribution in [0, 0.1) is 6.92 Å². The monoisotopic (exact) mass is 362 g/mol. The molecule has 140 valence electrons. The van der Waals surface area contributed by atoms with Crippen LogP contribution in [0.4, 0.5) is 8.78 Å². The molecule has 0 aliphatic heterocycles. The van der Waals surface area contributed by atoms with Crippen molar-refractivity contribution in [3.63, 3.8) is 0 Å². The Balaban J connectivity index is 1.68. The zero-order valence-electron chi connectivity index (χ0n) is 15.0. The van der Waals surface area contributed by atoms with Gasteiger partial charge < -0.3 is 10.1 Å². The Morgan fingerprint density at radius 1 is 1.08 bits per heavy atom. The number of aryl methyl sites for hydroxylation is 1. The molecule has 2 rings (SSSR count). The first-order valence-corrected chi connectivity index (χ1v) is 8.47. The van der Waals surface area contributed by atoms with Crippen molar-refractivity contribution < 1.29 is 18.3 Å². The van der Waals surface area contributed by atoms with Crippen molar-refractivity contribution in [3.8, 4) is 5.75 Å². The van der Waals surface area contributed by atoms with Crippen molar-refractivity contribution in [3.05, 3.63) is 65.2 Å². The average Bonchev–Trinajstić information content (AvgIpc) is 2.58. The molecule has 6 heteroatoms. The highest BCUT2D eigenvalue weighted by molar-refractivity contribution is 5.77. The summed E-state index contributed by atoms with van der Waals surface area (Å²) in [6.07, 6.45) is 0.627. The highest BCUT2D eigenvalue weighted by Gasteiger charge is 2.07. The van der Waals surface area contributed by atoms with E-state index in [-0.39, 0.29) is 11.7 Å². The molecule has 0 fully saturated rings. The van der Waals surface area contributed by atoms with E-state index in [0.29, 0.717) is 26.1 Å². The van der Waals surface area contributed by atoms with E-state index in [0.717, 1.165) is 11.1 Å². The number of alkyl halides is 2. The van der Waals surface area contributed by atoms with Crippen molar-refractivity contribution in [2.75, 3.05) is 20.1 Å². The minimum Gasteiger partial charge on any atom is -0.435 e. The molecule has 26 heavy (non-hydrogen) atoms. The van der Waals surface area contributed by atoms with E-state index < -0.39 is 6.61 Å². The molecule has 1 N–H and O–H groups in total. The molecule has 0 atom stereocenters. The summed E-state index contributed by atoms with van der Waals surface area (Å²) in [5.41, 5.74) is 3.32. The summed E-state index contributed by atoms with van der Waals surface area (Å²) in [6.45, 7) is 0.734. The van der Waals surface area contributed by atoms with E-state index in [9.17, 15) is 13.6 Å². The number of nitrogens with one attached hydrogen (secondary N) is 1. The number of halogens is 2. The van der Waals surface area contributed by atoms with Crippen molar-refractivity contribution in [1.29, 1.82) is 0 Å². The van der Waals surface area contributed by atoms with Crippen LogP contribution in [0.5, 0.6) is 5.75 Å². The van der Waals surface area contributed by atoms with E-state index in [2.05, 4.69) is 34.3 Å². The van der Waals surface area contributed by atoms with Crippen LogP contribution >= 0.6 is 0 Å². The van der Waals surface area contributed by atoms with Crippen molar-refractivity contribution >= 4 is 5.91 Å². The van der Waals surface area contributed by atoms with Gasteiger partial charge in [-0.25, -0.2) is 0 Å². The normalized spacial score (nSPS) is 11.0. The van der Waals surface area contributed by atoms with Crippen LogP contribution in [0.25, 0.3) is 0 Å². The number of hydrogen-bond donors (Lipinski definition) is 1. The van der Waals surface area contributed by atoms with Crippen LogP contribution in [0.1, 0.15) is 16.7 Å². The number of ether oxygens (including phenoxy) is 1. The lowest BCUT2D eigenvalue weighted by molar-refractivity contribution is -0.122. The molecule has 0 aromatic heterocycles. The van der Waals surface area contributed by atoms with Gasteiger partial charge in [0.05, 0.1) is 6.54 Å². The molecule has 2 aromatic carbocycles. The van der Waals surface area contributed by atoms with Gasteiger partial charge in [0.15, 0.2) is 0 Å². The predicted octanol–water partition coefficient (Wildman–Crippen LogP) is 3.39. The second-order valence-electron chi connectivity index (χ2n) is 6.28. The molecule has 1 amide bonds. The standard InChI is InChI=1S/C20H24F2N2O2/c1-15-3-5-17(6-4-15)13-24(2)14-19(25)23-12-11-16-7-9-18(10-8-16)26-20(21)22/h3-10,20H,11-14H2,1-2H3,(H,23,25). The summed E-state index contributed by atoms with van der Waals surface area (Å²) >= 11 is 0. The van der Waals surface area contributed by atoms with Crippen molar-refractivity contribution in [1.82, 2.24) is 10.2 Å². The van der Waals surface area contributed by atoms with Crippen LogP contribution in [0.2, 0.25) is 0 Å². The Morgan fingerprint density at radius 3 is 2.31 bits per heavy atom. The second-order valence-corrected chi connectivity index (χ2v) is 6.28. The van der Waals surface area contributed by atoms with Crippen LogP contribution in [-0.2, 0) is 17.8 Å². The molecule has 4 nitrogen and oxygen atoms in total. The highest BCUT2D eigenvalue weighted by atomic mass is 19.3. The quantitative estimate of drug-likeness (QED) is 0.744. The summed E-state index contributed by atoms with van der Waals surface area (Å²) in [4.78, 5) is 14.0. The third kappa shape index (κ3) is 7.19. The molecule has 0 spiro atoms. The Kier molecular flexibility index (Phi) is 7.53. The number of benzene rings is 2. The van der Waals surface area contributed by atoms with Crippen molar-refractivity contribution in [2.24, 2.45) is 0 Å². The fourth-order valence-corrected chi connectivity index (χ4v) is 2.55. The zero-order valence-corrected chi connectivity index (χ0v) is 15.0. The van der Waals surface area contributed by atoms with Gasteiger partial charge in [-0.05, 0) is 43.7 Å². The number of nitrogens with zero attached hydrogens (tertiary/aromatic N) is 1. The lowest BCUT2D eigenvalue weighted by atomic mass is 10.1. The lowest BCUT2D eigenvalue weighted by Gasteiger charge is -2.16. The molecule has 0 saturated heterocycles. The third-order valence-electron chi connectivity index (χ3n) is 3.87. The van der Waals surface area contributed by atoms with Crippen LogP contribution in [0.15, 0.2) is 48.5 Å². The zero-order chi connectivity index (χ0) is 18.9. The van der Waals surface area contributed by atoms with Gasteiger partial charge in [0.25, 0.3) is 0 Å². The summed E-state index contributed by atoms with van der Waals surface area (Å²) in [5.74, 6) is 0.0859. The smallest absolute Gasteiger partial charge is 0.387 e. The Morgan fingerprint density at radius 2 is 1.69 bits per heavy atom. The first-order chi connectivity index (χ1) is 12.4.